The van der Waals surface area contributed by atoms with Gasteiger partial charge in [0.25, 0.3) is 0 Å². The van der Waals surface area contributed by atoms with Crippen LogP contribution in [0.4, 0.5) is 0 Å². The van der Waals surface area contributed by atoms with Gasteiger partial charge in [-0.1, -0.05) is 54.3 Å². The summed E-state index contributed by atoms with van der Waals surface area (Å²) in [5.41, 5.74) is 5.64. The Bertz CT molecular complexity index is 1270. The lowest BCUT2D eigenvalue weighted by Gasteiger charge is -2.09. The minimum absolute atomic E-state index is 0.221. The SMILES string of the molecule is O=C(O)c1ccc(-c2cc(C#Cc3ccccc3)cc(-c3ccc(C(=O)O)cc3)c2)cc1. The second kappa shape index (κ2) is 9.03. The number of aromatic carboxylic acids is 2. The van der Waals surface area contributed by atoms with Crippen LogP contribution in [0.1, 0.15) is 31.8 Å². The number of rotatable bonds is 4. The molecule has 4 nitrogen and oxygen atoms in total. The van der Waals surface area contributed by atoms with Crippen molar-refractivity contribution in [1.29, 1.82) is 0 Å². The standard InChI is InChI=1S/C28H18O4/c29-27(30)23-12-8-21(9-13-23)25-16-20(7-6-19-4-2-1-3-5-19)17-26(18-25)22-10-14-24(15-11-22)28(31)32/h1-5,8-18H,(H,29,30)(H,31,32). The second-order valence-corrected chi connectivity index (χ2v) is 7.18. The average Bonchev–Trinajstić information content (AvgIpc) is 2.83. The summed E-state index contributed by atoms with van der Waals surface area (Å²) in [5, 5.41) is 18.3. The van der Waals surface area contributed by atoms with Crippen LogP contribution >= 0.6 is 0 Å². The third kappa shape index (κ3) is 4.75. The van der Waals surface area contributed by atoms with Gasteiger partial charge in [-0.2, -0.15) is 0 Å². The van der Waals surface area contributed by atoms with Gasteiger partial charge in [0.2, 0.25) is 0 Å². The van der Waals surface area contributed by atoms with Gasteiger partial charge in [-0.15, -0.1) is 0 Å². The van der Waals surface area contributed by atoms with E-state index in [1.807, 2.05) is 48.5 Å². The van der Waals surface area contributed by atoms with E-state index in [4.69, 9.17) is 10.2 Å². The first-order chi connectivity index (χ1) is 15.5. The predicted molar refractivity (Wildman–Crippen MR) is 124 cm³/mol. The summed E-state index contributed by atoms with van der Waals surface area (Å²) in [6, 6.07) is 28.9. The Balaban J connectivity index is 1.80. The average molecular weight is 418 g/mol. The molecule has 0 bridgehead atoms. The van der Waals surface area contributed by atoms with Gasteiger partial charge in [0.05, 0.1) is 11.1 Å². The van der Waals surface area contributed by atoms with E-state index in [2.05, 4.69) is 11.8 Å². The van der Waals surface area contributed by atoms with E-state index < -0.39 is 11.9 Å². The fourth-order valence-corrected chi connectivity index (χ4v) is 3.31. The maximum atomic E-state index is 11.2. The van der Waals surface area contributed by atoms with Crippen molar-refractivity contribution in [2.24, 2.45) is 0 Å². The van der Waals surface area contributed by atoms with Crippen LogP contribution in [0.3, 0.4) is 0 Å². The first kappa shape index (κ1) is 20.6. The fraction of sp³-hybridized carbons (Fsp3) is 0. The molecule has 0 atom stereocenters. The zero-order valence-corrected chi connectivity index (χ0v) is 16.9. The smallest absolute Gasteiger partial charge is 0.335 e. The van der Waals surface area contributed by atoms with Crippen molar-refractivity contribution in [2.75, 3.05) is 0 Å². The van der Waals surface area contributed by atoms with Crippen molar-refractivity contribution in [3.8, 4) is 34.1 Å². The maximum absolute atomic E-state index is 11.2. The van der Waals surface area contributed by atoms with Crippen LogP contribution in [-0.4, -0.2) is 22.2 Å². The van der Waals surface area contributed by atoms with Gasteiger partial charge in [-0.05, 0) is 76.9 Å². The minimum Gasteiger partial charge on any atom is -0.478 e. The zero-order valence-electron chi connectivity index (χ0n) is 16.9. The third-order valence-corrected chi connectivity index (χ3v) is 4.99. The van der Waals surface area contributed by atoms with Crippen LogP contribution in [0.2, 0.25) is 0 Å². The number of carboxylic acid groups (broad SMARTS) is 2. The van der Waals surface area contributed by atoms with Crippen molar-refractivity contribution < 1.29 is 19.8 Å². The molecule has 0 radical (unpaired) electrons. The van der Waals surface area contributed by atoms with Crippen LogP contribution in [0.25, 0.3) is 22.3 Å². The predicted octanol–water partition coefficient (Wildman–Crippen LogP) is 5.82. The molecule has 4 heteroatoms. The van der Waals surface area contributed by atoms with E-state index in [0.29, 0.717) is 0 Å². The molecule has 0 aliphatic heterocycles. The molecule has 0 saturated heterocycles. The highest BCUT2D eigenvalue weighted by molar-refractivity contribution is 5.89. The van der Waals surface area contributed by atoms with Crippen LogP contribution in [0, 0.1) is 11.8 Å². The Morgan fingerprint density at radius 3 is 1.38 bits per heavy atom. The van der Waals surface area contributed by atoms with E-state index in [0.717, 1.165) is 33.4 Å². The molecule has 154 valence electrons. The maximum Gasteiger partial charge on any atom is 0.335 e. The topological polar surface area (TPSA) is 74.6 Å². The highest BCUT2D eigenvalue weighted by Crippen LogP contribution is 2.29. The lowest BCUT2D eigenvalue weighted by molar-refractivity contribution is 0.0686. The Labute approximate surface area is 185 Å². The Hall–Kier alpha value is -4.62. The van der Waals surface area contributed by atoms with Crippen molar-refractivity contribution in [2.45, 2.75) is 0 Å². The van der Waals surface area contributed by atoms with Gasteiger partial charge in [0.15, 0.2) is 0 Å². The molecule has 0 spiro atoms. The van der Waals surface area contributed by atoms with Crippen molar-refractivity contribution in [1.82, 2.24) is 0 Å². The van der Waals surface area contributed by atoms with Gasteiger partial charge in [-0.3, -0.25) is 0 Å². The molecule has 0 saturated carbocycles. The molecule has 2 N–H and O–H groups in total. The van der Waals surface area contributed by atoms with Gasteiger partial charge in [0, 0.05) is 11.1 Å². The largest absolute Gasteiger partial charge is 0.478 e. The van der Waals surface area contributed by atoms with Crippen molar-refractivity contribution in [3.05, 3.63) is 119 Å². The Morgan fingerprint density at radius 2 is 0.938 bits per heavy atom. The van der Waals surface area contributed by atoms with E-state index in [1.54, 1.807) is 48.5 Å². The summed E-state index contributed by atoms with van der Waals surface area (Å²) >= 11 is 0. The highest BCUT2D eigenvalue weighted by Gasteiger charge is 2.08. The van der Waals surface area contributed by atoms with Crippen molar-refractivity contribution >= 4 is 11.9 Å². The molecule has 32 heavy (non-hydrogen) atoms. The third-order valence-electron chi connectivity index (χ3n) is 4.99. The molecule has 4 rings (SSSR count). The second-order valence-electron chi connectivity index (χ2n) is 7.18. The first-order valence-electron chi connectivity index (χ1n) is 9.89. The monoisotopic (exact) mass is 418 g/mol. The molecule has 0 aromatic heterocycles. The van der Waals surface area contributed by atoms with Crippen molar-refractivity contribution in [3.63, 3.8) is 0 Å². The van der Waals surface area contributed by atoms with Gasteiger partial charge < -0.3 is 10.2 Å². The number of benzene rings is 4. The Kier molecular flexibility index (Phi) is 5.83. The molecule has 0 heterocycles. The van der Waals surface area contributed by atoms with E-state index in [-0.39, 0.29) is 11.1 Å². The molecule has 0 aliphatic carbocycles. The molecule has 0 amide bonds. The summed E-state index contributed by atoms with van der Waals surface area (Å²) in [5.74, 6) is 4.42. The van der Waals surface area contributed by atoms with Crippen LogP contribution in [-0.2, 0) is 0 Å². The Morgan fingerprint density at radius 1 is 0.500 bits per heavy atom. The molecule has 0 aliphatic rings. The zero-order chi connectivity index (χ0) is 22.5. The summed E-state index contributed by atoms with van der Waals surface area (Å²) in [6.45, 7) is 0. The first-order valence-corrected chi connectivity index (χ1v) is 9.89. The number of hydrogen-bond donors (Lipinski definition) is 2. The molecular weight excluding hydrogens is 400 g/mol. The molecule has 0 fully saturated rings. The molecule has 4 aromatic carbocycles. The normalized spacial score (nSPS) is 10.1. The van der Waals surface area contributed by atoms with Crippen LogP contribution in [0.5, 0.6) is 0 Å². The van der Waals surface area contributed by atoms with Gasteiger partial charge in [-0.25, -0.2) is 9.59 Å². The summed E-state index contributed by atoms with van der Waals surface area (Å²) < 4.78 is 0. The molecular formula is C28H18O4. The quantitative estimate of drug-likeness (QED) is 0.410. The summed E-state index contributed by atoms with van der Waals surface area (Å²) in [4.78, 5) is 22.4. The molecule has 0 unspecified atom stereocenters. The fourth-order valence-electron chi connectivity index (χ4n) is 3.31. The van der Waals surface area contributed by atoms with Crippen LogP contribution < -0.4 is 0 Å². The highest BCUT2D eigenvalue weighted by atomic mass is 16.4. The van der Waals surface area contributed by atoms with Gasteiger partial charge >= 0.3 is 11.9 Å². The number of carbonyl (C=O) groups is 2. The molecule has 4 aromatic rings. The minimum atomic E-state index is -0.974. The lowest BCUT2D eigenvalue weighted by atomic mass is 9.95. The van der Waals surface area contributed by atoms with Crippen LogP contribution in [0.15, 0.2) is 97.1 Å². The summed E-state index contributed by atoms with van der Waals surface area (Å²) in [7, 11) is 0. The van der Waals surface area contributed by atoms with E-state index in [9.17, 15) is 9.59 Å². The van der Waals surface area contributed by atoms with E-state index in [1.165, 1.54) is 0 Å². The lowest BCUT2D eigenvalue weighted by Crippen LogP contribution is -1.95. The van der Waals surface area contributed by atoms with E-state index >= 15 is 0 Å². The summed E-state index contributed by atoms with van der Waals surface area (Å²) in [6.07, 6.45) is 0. The van der Waals surface area contributed by atoms with Gasteiger partial charge in [0.1, 0.15) is 0 Å². The number of hydrogen-bond acceptors (Lipinski definition) is 2. The number of carboxylic acids is 2.